The molecule has 0 N–H and O–H groups in total. The number of hydrogen-bond acceptors (Lipinski definition) is 3. The lowest BCUT2D eigenvalue weighted by Gasteiger charge is -2.09. The van der Waals surface area contributed by atoms with Crippen LogP contribution in [-0.2, 0) is 9.84 Å². The van der Waals surface area contributed by atoms with Gasteiger partial charge in [0.1, 0.15) is 0 Å². The van der Waals surface area contributed by atoms with E-state index in [1.807, 2.05) is 37.3 Å². The third-order valence-corrected chi connectivity index (χ3v) is 5.27. The maximum Gasteiger partial charge on any atom is 0.224 e. The van der Waals surface area contributed by atoms with E-state index < -0.39 is 9.84 Å². The fraction of sp³-hybridized carbons (Fsp3) is 0.118. The second kappa shape index (κ2) is 4.97. The number of pyridine rings is 1. The van der Waals surface area contributed by atoms with Gasteiger partial charge < -0.3 is 0 Å². The highest BCUT2D eigenvalue weighted by Crippen LogP contribution is 2.25. The second-order valence-corrected chi connectivity index (χ2v) is 6.98. The molecule has 106 valence electrons. The Labute approximate surface area is 124 Å². The monoisotopic (exact) mass is 297 g/mol. The van der Waals surface area contributed by atoms with Crippen LogP contribution >= 0.6 is 0 Å². The summed E-state index contributed by atoms with van der Waals surface area (Å²) in [5, 5.41) is 1.07. The van der Waals surface area contributed by atoms with Crippen LogP contribution in [0.1, 0.15) is 11.1 Å². The summed E-state index contributed by atoms with van der Waals surface area (Å²) in [7, 11) is -3.59. The van der Waals surface area contributed by atoms with E-state index >= 15 is 0 Å². The van der Waals surface area contributed by atoms with Gasteiger partial charge in [-0.05, 0) is 43.7 Å². The molecule has 0 aliphatic rings. The number of aryl methyl sites for hydroxylation is 2. The Kier molecular flexibility index (Phi) is 3.26. The summed E-state index contributed by atoms with van der Waals surface area (Å²) in [4.78, 5) is 4.63. The zero-order valence-corrected chi connectivity index (χ0v) is 12.7. The Bertz CT molecular complexity index is 913. The van der Waals surface area contributed by atoms with Crippen molar-refractivity contribution in [1.82, 2.24) is 4.98 Å². The van der Waals surface area contributed by atoms with Crippen molar-refractivity contribution in [3.8, 4) is 0 Å². The molecule has 0 saturated heterocycles. The zero-order chi connectivity index (χ0) is 15.0. The third-order valence-electron chi connectivity index (χ3n) is 3.45. The van der Waals surface area contributed by atoms with Gasteiger partial charge in [0, 0.05) is 5.39 Å². The molecule has 0 spiro atoms. The SMILES string of the molecule is Cc1ccc(S(=O)(=O)c2nc3ccccc3cc2C)cc1. The number of aromatic nitrogens is 1. The van der Waals surface area contributed by atoms with Crippen molar-refractivity contribution < 1.29 is 8.42 Å². The lowest BCUT2D eigenvalue weighted by atomic mass is 10.2. The molecule has 3 nitrogen and oxygen atoms in total. The van der Waals surface area contributed by atoms with Crippen molar-refractivity contribution in [2.75, 3.05) is 0 Å². The van der Waals surface area contributed by atoms with E-state index in [2.05, 4.69) is 4.98 Å². The van der Waals surface area contributed by atoms with Crippen LogP contribution in [0.2, 0.25) is 0 Å². The van der Waals surface area contributed by atoms with E-state index in [4.69, 9.17) is 0 Å². The Morgan fingerprint density at radius 1 is 0.905 bits per heavy atom. The Morgan fingerprint density at radius 2 is 1.57 bits per heavy atom. The molecule has 1 heterocycles. The van der Waals surface area contributed by atoms with Crippen molar-refractivity contribution in [3.63, 3.8) is 0 Å². The van der Waals surface area contributed by atoms with E-state index in [1.54, 1.807) is 31.2 Å². The highest BCUT2D eigenvalue weighted by atomic mass is 32.2. The minimum absolute atomic E-state index is 0.130. The Hall–Kier alpha value is -2.20. The first-order valence-electron chi connectivity index (χ1n) is 6.66. The maximum atomic E-state index is 12.7. The van der Waals surface area contributed by atoms with E-state index in [1.165, 1.54) is 0 Å². The second-order valence-electron chi connectivity index (χ2n) is 5.12. The smallest absolute Gasteiger partial charge is 0.224 e. The predicted molar refractivity (Wildman–Crippen MR) is 83.1 cm³/mol. The van der Waals surface area contributed by atoms with E-state index in [0.717, 1.165) is 10.9 Å². The van der Waals surface area contributed by atoms with Gasteiger partial charge in [-0.25, -0.2) is 13.4 Å². The molecule has 0 atom stereocenters. The molecule has 3 aromatic rings. The van der Waals surface area contributed by atoms with Crippen molar-refractivity contribution >= 4 is 20.7 Å². The van der Waals surface area contributed by atoms with Gasteiger partial charge in [-0.2, -0.15) is 0 Å². The number of para-hydroxylation sites is 1. The topological polar surface area (TPSA) is 47.0 Å². The van der Waals surface area contributed by atoms with Crippen LogP contribution in [0.15, 0.2) is 64.5 Å². The summed E-state index contributed by atoms with van der Waals surface area (Å²) < 4.78 is 25.5. The number of sulfone groups is 1. The molecule has 0 amide bonds. The van der Waals surface area contributed by atoms with Crippen LogP contribution in [0, 0.1) is 13.8 Å². The average Bonchev–Trinajstić information content (AvgIpc) is 2.47. The van der Waals surface area contributed by atoms with Crippen molar-refractivity contribution in [2.24, 2.45) is 0 Å². The summed E-state index contributed by atoms with van der Waals surface area (Å²) in [6, 6.07) is 16.2. The number of hydrogen-bond donors (Lipinski definition) is 0. The first-order valence-corrected chi connectivity index (χ1v) is 8.15. The zero-order valence-electron chi connectivity index (χ0n) is 11.9. The fourth-order valence-electron chi connectivity index (χ4n) is 2.31. The van der Waals surface area contributed by atoms with Crippen LogP contribution < -0.4 is 0 Å². The molecule has 0 bridgehead atoms. The van der Waals surface area contributed by atoms with Gasteiger partial charge in [-0.15, -0.1) is 0 Å². The number of benzene rings is 2. The van der Waals surface area contributed by atoms with Crippen LogP contribution in [0.25, 0.3) is 10.9 Å². The standard InChI is InChI=1S/C17H15NO2S/c1-12-7-9-15(10-8-12)21(19,20)17-13(2)11-14-5-3-4-6-16(14)18-17/h3-11H,1-2H3. The summed E-state index contributed by atoms with van der Waals surface area (Å²) in [6.07, 6.45) is 0. The van der Waals surface area contributed by atoms with Gasteiger partial charge in [0.05, 0.1) is 10.4 Å². The lowest BCUT2D eigenvalue weighted by Crippen LogP contribution is -2.07. The Morgan fingerprint density at radius 3 is 2.29 bits per heavy atom. The average molecular weight is 297 g/mol. The summed E-state index contributed by atoms with van der Waals surface area (Å²) in [5.41, 5.74) is 2.38. The quantitative estimate of drug-likeness (QED) is 0.725. The molecule has 21 heavy (non-hydrogen) atoms. The lowest BCUT2D eigenvalue weighted by molar-refractivity contribution is 0.592. The van der Waals surface area contributed by atoms with Crippen LogP contribution in [0.3, 0.4) is 0 Å². The molecule has 0 radical (unpaired) electrons. The van der Waals surface area contributed by atoms with Crippen molar-refractivity contribution in [1.29, 1.82) is 0 Å². The first-order chi connectivity index (χ1) is 9.98. The van der Waals surface area contributed by atoms with Gasteiger partial charge >= 0.3 is 0 Å². The highest BCUT2D eigenvalue weighted by Gasteiger charge is 2.22. The summed E-state index contributed by atoms with van der Waals surface area (Å²) in [5.74, 6) is 0. The molecule has 0 aliphatic heterocycles. The van der Waals surface area contributed by atoms with Gasteiger partial charge in [0.15, 0.2) is 5.03 Å². The van der Waals surface area contributed by atoms with E-state index in [0.29, 0.717) is 11.1 Å². The number of fused-ring (bicyclic) bond motifs is 1. The molecule has 1 aromatic heterocycles. The third kappa shape index (κ3) is 2.43. The largest absolute Gasteiger partial charge is 0.236 e. The van der Waals surface area contributed by atoms with Crippen molar-refractivity contribution in [3.05, 3.63) is 65.7 Å². The first kappa shape index (κ1) is 13.8. The molecular weight excluding hydrogens is 282 g/mol. The normalized spacial score (nSPS) is 11.7. The summed E-state index contributed by atoms with van der Waals surface area (Å²) in [6.45, 7) is 3.70. The van der Waals surface area contributed by atoms with Gasteiger partial charge in [-0.1, -0.05) is 35.9 Å². The molecule has 4 heteroatoms. The minimum Gasteiger partial charge on any atom is -0.236 e. The maximum absolute atomic E-state index is 12.7. The summed E-state index contributed by atoms with van der Waals surface area (Å²) >= 11 is 0. The van der Waals surface area contributed by atoms with Crippen LogP contribution in [0.5, 0.6) is 0 Å². The molecule has 0 saturated carbocycles. The fourth-order valence-corrected chi connectivity index (χ4v) is 3.72. The van der Waals surface area contributed by atoms with Gasteiger partial charge in [0.2, 0.25) is 9.84 Å². The van der Waals surface area contributed by atoms with Crippen LogP contribution in [0.4, 0.5) is 0 Å². The van der Waals surface area contributed by atoms with E-state index in [9.17, 15) is 8.42 Å². The van der Waals surface area contributed by atoms with Crippen LogP contribution in [-0.4, -0.2) is 13.4 Å². The van der Waals surface area contributed by atoms with Gasteiger partial charge in [-0.3, -0.25) is 0 Å². The molecule has 0 aliphatic carbocycles. The Balaban J connectivity index is 2.23. The number of rotatable bonds is 2. The van der Waals surface area contributed by atoms with E-state index in [-0.39, 0.29) is 9.92 Å². The van der Waals surface area contributed by atoms with Crippen molar-refractivity contribution in [2.45, 2.75) is 23.8 Å². The predicted octanol–water partition coefficient (Wildman–Crippen LogP) is 3.68. The molecule has 0 fully saturated rings. The highest BCUT2D eigenvalue weighted by molar-refractivity contribution is 7.91. The molecular formula is C17H15NO2S. The molecule has 2 aromatic carbocycles. The molecule has 0 unspecified atom stereocenters. The molecule has 3 rings (SSSR count). The minimum atomic E-state index is -3.59. The van der Waals surface area contributed by atoms with Gasteiger partial charge in [0.25, 0.3) is 0 Å². The number of nitrogens with zero attached hydrogens (tertiary/aromatic N) is 1.